The molecule has 4 nitrogen and oxygen atoms in total. The van der Waals surface area contributed by atoms with Gasteiger partial charge in [-0.15, -0.1) is 11.6 Å². The minimum Gasteiger partial charge on any atom is -0.324 e. The zero-order valence-electron chi connectivity index (χ0n) is 10.7. The number of rotatable bonds is 2. The monoisotopic (exact) mass is 316 g/mol. The van der Waals surface area contributed by atoms with Crippen molar-refractivity contribution in [3.63, 3.8) is 0 Å². The average molecular weight is 317 g/mol. The Morgan fingerprint density at radius 2 is 2.05 bits per heavy atom. The normalized spacial score (nSPS) is 19.5. The van der Waals surface area contributed by atoms with Gasteiger partial charge in [0.15, 0.2) is 0 Å². The van der Waals surface area contributed by atoms with Gasteiger partial charge >= 0.3 is 0 Å². The van der Waals surface area contributed by atoms with Gasteiger partial charge in [-0.25, -0.2) is 17.8 Å². The number of alkyl halides is 1. The molecule has 0 spiro atoms. The summed E-state index contributed by atoms with van der Waals surface area (Å²) >= 11 is 5.92. The summed E-state index contributed by atoms with van der Waals surface area (Å²) < 4.78 is 38.3. The molecule has 3 rings (SSSR count). The zero-order chi connectivity index (χ0) is 14.3. The van der Waals surface area contributed by atoms with E-state index in [1.165, 1.54) is 12.1 Å². The van der Waals surface area contributed by atoms with E-state index in [9.17, 15) is 12.8 Å². The standard InChI is InChI=1S/C13H14ClFN2O2S/c14-8-13-16-11-7-9(15)1-2-12(11)17(13)10-3-5-20(18,19)6-4-10/h1-2,7,10H,3-6,8H2. The second-order valence-corrected chi connectivity index (χ2v) is 7.62. The molecule has 108 valence electrons. The number of aromatic nitrogens is 2. The van der Waals surface area contributed by atoms with Crippen LogP contribution in [0.1, 0.15) is 24.7 Å². The van der Waals surface area contributed by atoms with Crippen molar-refractivity contribution in [3.8, 4) is 0 Å². The molecule has 1 aliphatic heterocycles. The zero-order valence-corrected chi connectivity index (χ0v) is 12.3. The van der Waals surface area contributed by atoms with Crippen molar-refractivity contribution >= 4 is 32.5 Å². The van der Waals surface area contributed by atoms with Gasteiger partial charge in [0, 0.05) is 12.1 Å². The lowest BCUT2D eigenvalue weighted by Gasteiger charge is -2.25. The molecule has 2 heterocycles. The molecule has 2 aromatic rings. The highest BCUT2D eigenvalue weighted by Crippen LogP contribution is 2.30. The molecule has 0 aliphatic carbocycles. The van der Waals surface area contributed by atoms with E-state index in [-0.39, 0.29) is 29.2 Å². The molecule has 0 saturated carbocycles. The maximum atomic E-state index is 13.3. The van der Waals surface area contributed by atoms with E-state index in [0.717, 1.165) is 5.52 Å². The maximum absolute atomic E-state index is 13.3. The summed E-state index contributed by atoms with van der Waals surface area (Å²) in [5.41, 5.74) is 1.38. The Labute approximate surface area is 121 Å². The topological polar surface area (TPSA) is 52.0 Å². The number of halogens is 2. The lowest BCUT2D eigenvalue weighted by atomic mass is 10.1. The molecule has 1 aromatic carbocycles. The van der Waals surface area contributed by atoms with Crippen LogP contribution in [0.3, 0.4) is 0 Å². The Morgan fingerprint density at radius 3 is 2.70 bits per heavy atom. The molecular weight excluding hydrogens is 303 g/mol. The number of nitrogens with zero attached hydrogens (tertiary/aromatic N) is 2. The highest BCUT2D eigenvalue weighted by molar-refractivity contribution is 7.91. The van der Waals surface area contributed by atoms with E-state index in [2.05, 4.69) is 4.98 Å². The van der Waals surface area contributed by atoms with Crippen molar-refractivity contribution in [3.05, 3.63) is 29.8 Å². The largest absolute Gasteiger partial charge is 0.324 e. The summed E-state index contributed by atoms with van der Waals surface area (Å²) in [6.45, 7) is 0. The molecule has 1 saturated heterocycles. The average Bonchev–Trinajstić information content (AvgIpc) is 2.76. The Hall–Kier alpha value is -1.14. The fourth-order valence-electron chi connectivity index (χ4n) is 2.76. The predicted octanol–water partition coefficient (Wildman–Crippen LogP) is 2.66. The Balaban J connectivity index is 2.06. The van der Waals surface area contributed by atoms with Crippen LogP contribution in [0.5, 0.6) is 0 Å². The number of sulfone groups is 1. The lowest BCUT2D eigenvalue weighted by molar-refractivity contribution is 0.450. The first-order valence-corrected chi connectivity index (χ1v) is 8.78. The molecule has 1 aromatic heterocycles. The third-order valence-corrected chi connectivity index (χ3v) is 5.69. The van der Waals surface area contributed by atoms with E-state index >= 15 is 0 Å². The van der Waals surface area contributed by atoms with Crippen LogP contribution in [0, 0.1) is 5.82 Å². The van der Waals surface area contributed by atoms with Crippen LogP contribution in [0.2, 0.25) is 0 Å². The van der Waals surface area contributed by atoms with Gasteiger partial charge in [-0.1, -0.05) is 0 Å². The van der Waals surface area contributed by atoms with Gasteiger partial charge < -0.3 is 4.57 Å². The molecule has 7 heteroatoms. The maximum Gasteiger partial charge on any atom is 0.150 e. The number of fused-ring (bicyclic) bond motifs is 1. The van der Waals surface area contributed by atoms with Crippen LogP contribution in [-0.4, -0.2) is 29.5 Å². The fourth-order valence-corrected chi connectivity index (χ4v) is 4.41. The summed E-state index contributed by atoms with van der Waals surface area (Å²) in [6, 6.07) is 4.50. The second kappa shape index (κ2) is 5.00. The smallest absolute Gasteiger partial charge is 0.150 e. The van der Waals surface area contributed by atoms with Crippen molar-refractivity contribution in [2.75, 3.05) is 11.5 Å². The fraction of sp³-hybridized carbons (Fsp3) is 0.462. The molecule has 0 amide bonds. The molecule has 0 bridgehead atoms. The third-order valence-electron chi connectivity index (χ3n) is 3.73. The number of hydrogen-bond donors (Lipinski definition) is 0. The summed E-state index contributed by atoms with van der Waals surface area (Å²) in [7, 11) is -2.91. The highest BCUT2D eigenvalue weighted by Gasteiger charge is 2.27. The van der Waals surface area contributed by atoms with E-state index in [1.54, 1.807) is 6.07 Å². The first kappa shape index (κ1) is 13.8. The molecule has 0 atom stereocenters. The summed E-state index contributed by atoms with van der Waals surface area (Å²) in [5.74, 6) is 0.908. The van der Waals surface area contributed by atoms with E-state index in [0.29, 0.717) is 24.2 Å². The number of benzene rings is 1. The van der Waals surface area contributed by atoms with E-state index in [4.69, 9.17) is 11.6 Å². The number of hydrogen-bond acceptors (Lipinski definition) is 3. The van der Waals surface area contributed by atoms with Crippen LogP contribution in [-0.2, 0) is 15.7 Å². The van der Waals surface area contributed by atoms with Crippen LogP contribution < -0.4 is 0 Å². The Kier molecular flexibility index (Phi) is 3.46. The van der Waals surface area contributed by atoms with Crippen molar-refractivity contribution in [1.82, 2.24) is 9.55 Å². The van der Waals surface area contributed by atoms with Gasteiger partial charge in [0.25, 0.3) is 0 Å². The minimum absolute atomic E-state index is 0.0581. The van der Waals surface area contributed by atoms with Gasteiger partial charge in [0.05, 0.1) is 28.4 Å². The first-order valence-electron chi connectivity index (χ1n) is 6.43. The van der Waals surface area contributed by atoms with Gasteiger partial charge in [0.2, 0.25) is 0 Å². The molecule has 0 radical (unpaired) electrons. The van der Waals surface area contributed by atoms with Gasteiger partial charge in [0.1, 0.15) is 21.5 Å². The number of imidazole rings is 1. The van der Waals surface area contributed by atoms with Gasteiger partial charge in [-0.05, 0) is 25.0 Å². The second-order valence-electron chi connectivity index (χ2n) is 5.05. The Morgan fingerprint density at radius 1 is 1.35 bits per heavy atom. The highest BCUT2D eigenvalue weighted by atomic mass is 35.5. The van der Waals surface area contributed by atoms with E-state index in [1.807, 2.05) is 4.57 Å². The van der Waals surface area contributed by atoms with Crippen LogP contribution in [0.4, 0.5) is 4.39 Å². The lowest BCUT2D eigenvalue weighted by Crippen LogP contribution is -2.26. The summed E-state index contributed by atoms with van der Waals surface area (Å²) in [5, 5.41) is 0. The first-order chi connectivity index (χ1) is 9.50. The van der Waals surface area contributed by atoms with Crippen LogP contribution >= 0.6 is 11.6 Å². The summed E-state index contributed by atoms with van der Waals surface area (Å²) in [6.07, 6.45) is 1.10. The Bertz CT molecular complexity index is 743. The molecular formula is C13H14ClFN2O2S. The molecule has 0 N–H and O–H groups in total. The molecule has 1 aliphatic rings. The summed E-state index contributed by atoms with van der Waals surface area (Å²) in [4.78, 5) is 4.35. The van der Waals surface area contributed by atoms with E-state index < -0.39 is 9.84 Å². The van der Waals surface area contributed by atoms with Crippen molar-refractivity contribution in [2.45, 2.75) is 24.8 Å². The van der Waals surface area contributed by atoms with Crippen molar-refractivity contribution in [1.29, 1.82) is 0 Å². The quantitative estimate of drug-likeness (QED) is 0.800. The molecule has 1 fully saturated rings. The van der Waals surface area contributed by atoms with Gasteiger partial charge in [-0.3, -0.25) is 0 Å². The third kappa shape index (κ3) is 2.42. The van der Waals surface area contributed by atoms with Crippen LogP contribution in [0.25, 0.3) is 11.0 Å². The van der Waals surface area contributed by atoms with Crippen molar-refractivity contribution < 1.29 is 12.8 Å². The SMILES string of the molecule is O=S1(=O)CCC(n2c(CCl)nc3cc(F)ccc32)CC1. The molecule has 20 heavy (non-hydrogen) atoms. The van der Waals surface area contributed by atoms with Crippen molar-refractivity contribution in [2.24, 2.45) is 0 Å². The minimum atomic E-state index is -2.91. The molecule has 0 unspecified atom stereocenters. The van der Waals surface area contributed by atoms with Crippen LogP contribution in [0.15, 0.2) is 18.2 Å². The van der Waals surface area contributed by atoms with Gasteiger partial charge in [-0.2, -0.15) is 0 Å². The predicted molar refractivity (Wildman–Crippen MR) is 76.2 cm³/mol.